The van der Waals surface area contributed by atoms with Gasteiger partial charge in [-0.1, -0.05) is 50.3 Å². The van der Waals surface area contributed by atoms with Crippen LogP contribution in [0.25, 0.3) is 0 Å². The van der Waals surface area contributed by atoms with Gasteiger partial charge in [-0.25, -0.2) is 0 Å². The Balaban J connectivity index is 1.73. The Bertz CT molecular complexity index is 746. The minimum atomic E-state index is -1.04. The SMILES string of the molecule is C=C1/C(=C\C=C2/CCC[C@]3(C)[C@@H]([C@H](C)/C=C/C[C@](C)(O)CO)CC[C@@H]23)C[C@@H](O)CC1O. The maximum absolute atomic E-state index is 10.1. The summed E-state index contributed by atoms with van der Waals surface area (Å²) < 4.78 is 0. The highest BCUT2D eigenvalue weighted by Crippen LogP contribution is 2.59. The van der Waals surface area contributed by atoms with E-state index in [1.807, 2.05) is 6.08 Å². The molecular formula is C27H42O4. The largest absolute Gasteiger partial charge is 0.393 e. The van der Waals surface area contributed by atoms with E-state index in [4.69, 9.17) is 0 Å². The number of aliphatic hydroxyl groups is 4. The Morgan fingerprint density at radius 2 is 2.00 bits per heavy atom. The van der Waals surface area contributed by atoms with E-state index >= 15 is 0 Å². The van der Waals surface area contributed by atoms with E-state index in [0.29, 0.717) is 37.0 Å². The summed E-state index contributed by atoms with van der Waals surface area (Å²) in [5, 5.41) is 39.5. The molecule has 7 atom stereocenters. The normalized spacial score (nSPS) is 39.8. The monoisotopic (exact) mass is 430 g/mol. The van der Waals surface area contributed by atoms with Gasteiger partial charge in [0.1, 0.15) is 0 Å². The Kier molecular flexibility index (Phi) is 7.68. The van der Waals surface area contributed by atoms with Crippen molar-refractivity contribution >= 4 is 0 Å². The number of fused-ring (bicyclic) bond motifs is 1. The molecule has 4 heteroatoms. The van der Waals surface area contributed by atoms with Crippen molar-refractivity contribution in [2.24, 2.45) is 23.2 Å². The first-order valence-corrected chi connectivity index (χ1v) is 12.0. The summed E-state index contributed by atoms with van der Waals surface area (Å²) in [7, 11) is 0. The van der Waals surface area contributed by atoms with Crippen molar-refractivity contribution in [2.75, 3.05) is 6.61 Å². The Labute approximate surface area is 188 Å². The van der Waals surface area contributed by atoms with Crippen molar-refractivity contribution < 1.29 is 20.4 Å². The van der Waals surface area contributed by atoms with Crippen LogP contribution in [-0.4, -0.2) is 44.8 Å². The summed E-state index contributed by atoms with van der Waals surface area (Å²) >= 11 is 0. The third-order valence-electron chi connectivity index (χ3n) is 8.27. The predicted octanol–water partition coefficient (Wildman–Crippen LogP) is 4.45. The number of hydrogen-bond donors (Lipinski definition) is 4. The van der Waals surface area contributed by atoms with Gasteiger partial charge < -0.3 is 20.4 Å². The fourth-order valence-electron chi connectivity index (χ4n) is 6.34. The van der Waals surface area contributed by atoms with Crippen molar-refractivity contribution in [3.05, 3.63) is 47.6 Å². The molecule has 3 aliphatic carbocycles. The lowest BCUT2D eigenvalue weighted by atomic mass is 9.61. The maximum Gasteiger partial charge on any atom is 0.0883 e. The molecule has 3 aliphatic rings. The standard InChI is InChI=1S/C27H42O4/c1-18(7-5-13-26(3,31)17-28)23-11-12-24-20(8-6-14-27(23,24)4)9-10-21-15-22(29)16-25(30)19(21)2/h5,7,9-10,18,22-25,28-31H,2,6,8,11-17H2,1,3-4H3/b7-5+,20-9+,21-10-/t18-,22-,23-,24+,25?,26+,27-/m1/s1. The van der Waals surface area contributed by atoms with Crippen LogP contribution < -0.4 is 0 Å². The number of aliphatic hydroxyl groups excluding tert-OH is 3. The van der Waals surface area contributed by atoms with E-state index in [-0.39, 0.29) is 12.0 Å². The predicted molar refractivity (Wildman–Crippen MR) is 125 cm³/mol. The Hall–Kier alpha value is -1.20. The summed E-state index contributed by atoms with van der Waals surface area (Å²) in [6, 6.07) is 0. The molecule has 1 unspecified atom stereocenters. The molecular weight excluding hydrogens is 388 g/mol. The molecule has 0 heterocycles. The summed E-state index contributed by atoms with van der Waals surface area (Å²) in [5.41, 5.74) is 2.46. The summed E-state index contributed by atoms with van der Waals surface area (Å²) in [4.78, 5) is 0. The quantitative estimate of drug-likeness (QED) is 0.469. The van der Waals surface area contributed by atoms with Crippen LogP contribution in [0.3, 0.4) is 0 Å². The van der Waals surface area contributed by atoms with E-state index in [0.717, 1.165) is 17.6 Å². The van der Waals surface area contributed by atoms with Gasteiger partial charge in [0.2, 0.25) is 0 Å². The third kappa shape index (κ3) is 5.42. The van der Waals surface area contributed by atoms with Crippen molar-refractivity contribution in [1.29, 1.82) is 0 Å². The number of rotatable bonds is 6. The van der Waals surface area contributed by atoms with Gasteiger partial charge in [0.25, 0.3) is 0 Å². The number of allylic oxidation sites excluding steroid dienone is 4. The fourth-order valence-corrected chi connectivity index (χ4v) is 6.34. The summed E-state index contributed by atoms with van der Waals surface area (Å²) in [5.74, 6) is 1.62. The van der Waals surface area contributed by atoms with Gasteiger partial charge in [-0.2, -0.15) is 0 Å². The maximum atomic E-state index is 10.1. The minimum Gasteiger partial charge on any atom is -0.393 e. The molecule has 0 bridgehead atoms. The molecule has 31 heavy (non-hydrogen) atoms. The first-order chi connectivity index (χ1) is 14.6. The fraction of sp³-hybridized carbons (Fsp3) is 0.704. The molecule has 0 aromatic carbocycles. The first kappa shape index (κ1) is 24.4. The zero-order valence-corrected chi connectivity index (χ0v) is 19.6. The highest BCUT2D eigenvalue weighted by atomic mass is 16.3. The molecule has 0 aromatic heterocycles. The second-order valence-corrected chi connectivity index (χ2v) is 10.8. The van der Waals surface area contributed by atoms with Crippen molar-refractivity contribution in [3.8, 4) is 0 Å². The molecule has 4 nitrogen and oxygen atoms in total. The molecule has 3 fully saturated rings. The third-order valence-corrected chi connectivity index (χ3v) is 8.27. The molecule has 0 aromatic rings. The van der Waals surface area contributed by atoms with Crippen molar-refractivity contribution in [3.63, 3.8) is 0 Å². The van der Waals surface area contributed by atoms with Gasteiger partial charge in [-0.3, -0.25) is 0 Å². The van der Waals surface area contributed by atoms with Crippen LogP contribution in [0.2, 0.25) is 0 Å². The number of hydrogen-bond acceptors (Lipinski definition) is 4. The second kappa shape index (κ2) is 9.74. The molecule has 3 saturated carbocycles. The van der Waals surface area contributed by atoms with Crippen LogP contribution in [0.15, 0.2) is 47.6 Å². The molecule has 0 saturated heterocycles. The van der Waals surface area contributed by atoms with E-state index < -0.39 is 17.8 Å². The van der Waals surface area contributed by atoms with Gasteiger partial charge in [-0.05, 0) is 86.2 Å². The zero-order chi connectivity index (χ0) is 22.8. The summed E-state index contributed by atoms with van der Waals surface area (Å²) in [6.07, 6.45) is 14.9. The smallest absolute Gasteiger partial charge is 0.0883 e. The topological polar surface area (TPSA) is 80.9 Å². The Morgan fingerprint density at radius 1 is 1.26 bits per heavy atom. The van der Waals surface area contributed by atoms with E-state index in [2.05, 4.69) is 38.7 Å². The Morgan fingerprint density at radius 3 is 2.71 bits per heavy atom. The lowest BCUT2D eigenvalue weighted by Crippen LogP contribution is -2.35. The van der Waals surface area contributed by atoms with Crippen LogP contribution in [0.5, 0.6) is 0 Å². The first-order valence-electron chi connectivity index (χ1n) is 12.0. The van der Waals surface area contributed by atoms with E-state index in [1.165, 1.54) is 31.3 Å². The zero-order valence-electron chi connectivity index (χ0n) is 19.6. The molecule has 174 valence electrons. The average molecular weight is 431 g/mol. The van der Waals surface area contributed by atoms with Crippen molar-refractivity contribution in [1.82, 2.24) is 0 Å². The van der Waals surface area contributed by atoms with Gasteiger partial charge in [-0.15, -0.1) is 0 Å². The van der Waals surface area contributed by atoms with Gasteiger partial charge in [0.05, 0.1) is 24.4 Å². The summed E-state index contributed by atoms with van der Waals surface area (Å²) in [6.45, 7) is 10.2. The van der Waals surface area contributed by atoms with Crippen LogP contribution in [0.1, 0.15) is 72.1 Å². The molecule has 0 amide bonds. The molecule has 4 N–H and O–H groups in total. The van der Waals surface area contributed by atoms with Crippen LogP contribution in [0, 0.1) is 23.2 Å². The van der Waals surface area contributed by atoms with Crippen LogP contribution in [0.4, 0.5) is 0 Å². The van der Waals surface area contributed by atoms with E-state index in [9.17, 15) is 20.4 Å². The molecule has 0 radical (unpaired) electrons. The highest BCUT2D eigenvalue weighted by Gasteiger charge is 2.50. The lowest BCUT2D eigenvalue weighted by Gasteiger charge is -2.44. The average Bonchev–Trinajstić information content (AvgIpc) is 3.07. The molecule has 0 aliphatic heterocycles. The lowest BCUT2D eigenvalue weighted by molar-refractivity contribution is 0.00435. The molecule has 0 spiro atoms. The van der Waals surface area contributed by atoms with Gasteiger partial charge in [0, 0.05) is 6.42 Å². The minimum absolute atomic E-state index is 0.223. The van der Waals surface area contributed by atoms with Gasteiger partial charge in [0.15, 0.2) is 0 Å². The van der Waals surface area contributed by atoms with Crippen LogP contribution in [-0.2, 0) is 0 Å². The highest BCUT2D eigenvalue weighted by molar-refractivity contribution is 5.38. The van der Waals surface area contributed by atoms with Crippen LogP contribution >= 0.6 is 0 Å². The second-order valence-electron chi connectivity index (χ2n) is 10.8. The van der Waals surface area contributed by atoms with Gasteiger partial charge >= 0.3 is 0 Å². The van der Waals surface area contributed by atoms with Crippen molar-refractivity contribution in [2.45, 2.75) is 89.9 Å². The molecule has 3 rings (SSSR count). The van der Waals surface area contributed by atoms with E-state index in [1.54, 1.807) is 6.92 Å².